The van der Waals surface area contributed by atoms with E-state index in [-0.39, 0.29) is 23.5 Å². The molecule has 2 N–H and O–H groups in total. The van der Waals surface area contributed by atoms with Gasteiger partial charge in [-0.1, -0.05) is 6.42 Å². The van der Waals surface area contributed by atoms with Gasteiger partial charge in [-0.2, -0.15) is 0 Å². The molecule has 2 aromatic carbocycles. The number of anilines is 1. The molecule has 0 bridgehead atoms. The molecule has 2 aliphatic rings. The van der Waals surface area contributed by atoms with Crippen molar-refractivity contribution in [3.05, 3.63) is 53.1 Å². The minimum atomic E-state index is -1.33. The largest absolute Gasteiger partial charge is 0.496 e. The number of carboxylic acids is 1. The van der Waals surface area contributed by atoms with Crippen LogP contribution in [0.15, 0.2) is 30.3 Å². The van der Waals surface area contributed by atoms with Gasteiger partial charge in [0.15, 0.2) is 0 Å². The van der Waals surface area contributed by atoms with Gasteiger partial charge in [0.1, 0.15) is 23.5 Å². The molecule has 38 heavy (non-hydrogen) atoms. The molecule has 202 valence electrons. The first-order valence-corrected chi connectivity index (χ1v) is 12.9. The van der Waals surface area contributed by atoms with E-state index in [1.165, 1.54) is 32.4 Å². The molecule has 9 nitrogen and oxygen atoms in total. The van der Waals surface area contributed by atoms with Crippen LogP contribution in [0.5, 0.6) is 5.75 Å². The Bertz CT molecular complexity index is 1390. The molecule has 0 radical (unpaired) electrons. The fraction of sp³-hybridized carbons (Fsp3) is 0.464. The molecule has 1 aliphatic carbocycles. The van der Waals surface area contributed by atoms with E-state index < -0.39 is 29.9 Å². The first kappa shape index (κ1) is 26.0. The van der Waals surface area contributed by atoms with E-state index in [9.17, 15) is 24.2 Å². The number of aliphatic hydroxyl groups is 1. The average Bonchev–Trinajstić information content (AvgIpc) is 3.32. The van der Waals surface area contributed by atoms with Crippen LogP contribution < -0.4 is 9.64 Å². The second kappa shape index (κ2) is 10.2. The van der Waals surface area contributed by atoms with Crippen LogP contribution in [0.1, 0.15) is 68.1 Å². The zero-order valence-corrected chi connectivity index (χ0v) is 21.7. The number of carbonyl (C=O) groups excluding carboxylic acids is 1. The molecule has 0 spiro atoms. The summed E-state index contributed by atoms with van der Waals surface area (Å²) in [5, 5.41) is 21.3. The Morgan fingerprint density at radius 1 is 1.16 bits per heavy atom. The summed E-state index contributed by atoms with van der Waals surface area (Å²) in [5.41, 5.74) is 3.15. The van der Waals surface area contributed by atoms with Crippen molar-refractivity contribution < 1.29 is 33.7 Å². The zero-order valence-electron chi connectivity index (χ0n) is 21.7. The highest BCUT2D eigenvalue weighted by Gasteiger charge is 2.36. The standard InChI is InChI=1S/C28H32FN3O6/c1-15-7-9-19-21(31(15)28(36)38-3)10-11-22-24(19)30-26(25(33)20-14-17(29)8-12-23(20)37-2)32(22)18-6-4-5-16(13-18)27(34)35/h8,10-12,14-16,18,25,33H,4-7,9,13H2,1-3H3,(H,34,35)/t15-,16-,18+,25+/m0/s1. The number of carbonyl (C=O) groups is 2. The fourth-order valence-corrected chi connectivity index (χ4v) is 6.05. The first-order chi connectivity index (χ1) is 18.2. The molecule has 0 saturated heterocycles. The molecule has 1 amide bonds. The van der Waals surface area contributed by atoms with Crippen molar-refractivity contribution in [2.24, 2.45) is 5.92 Å². The highest BCUT2D eigenvalue weighted by atomic mass is 19.1. The molecule has 4 atom stereocenters. The number of amides is 1. The summed E-state index contributed by atoms with van der Waals surface area (Å²) in [6.07, 6.45) is 2.01. The molecule has 1 fully saturated rings. The number of aliphatic carboxylic acids is 1. The van der Waals surface area contributed by atoms with Crippen molar-refractivity contribution in [3.63, 3.8) is 0 Å². The minimum absolute atomic E-state index is 0.0641. The van der Waals surface area contributed by atoms with Crippen LogP contribution >= 0.6 is 0 Å². The summed E-state index contributed by atoms with van der Waals surface area (Å²) in [6.45, 7) is 1.96. The Kier molecular flexibility index (Phi) is 7.00. The second-order valence-electron chi connectivity index (χ2n) is 10.1. The van der Waals surface area contributed by atoms with E-state index in [0.29, 0.717) is 42.6 Å². The van der Waals surface area contributed by atoms with Crippen LogP contribution in [0, 0.1) is 11.7 Å². The van der Waals surface area contributed by atoms with E-state index >= 15 is 0 Å². The maximum atomic E-state index is 14.3. The Morgan fingerprint density at radius 3 is 2.66 bits per heavy atom. The summed E-state index contributed by atoms with van der Waals surface area (Å²) in [5.74, 6) is -1.26. The molecular formula is C28H32FN3O6. The summed E-state index contributed by atoms with van der Waals surface area (Å²) in [4.78, 5) is 31.0. The lowest BCUT2D eigenvalue weighted by atomic mass is 9.85. The van der Waals surface area contributed by atoms with Crippen molar-refractivity contribution in [1.29, 1.82) is 0 Å². The normalized spacial score (nSPS) is 22.1. The maximum Gasteiger partial charge on any atom is 0.414 e. The lowest BCUT2D eigenvalue weighted by Gasteiger charge is -2.34. The predicted octanol–water partition coefficient (Wildman–Crippen LogP) is 4.99. The van der Waals surface area contributed by atoms with Gasteiger partial charge in [-0.15, -0.1) is 0 Å². The number of carboxylic acid groups (broad SMARTS) is 1. The quantitative estimate of drug-likeness (QED) is 0.482. The third-order valence-electron chi connectivity index (χ3n) is 7.94. The van der Waals surface area contributed by atoms with Gasteiger partial charge in [0, 0.05) is 23.2 Å². The molecule has 1 saturated carbocycles. The SMILES string of the molecule is COC(=O)N1c2ccc3c(nc([C@H](O)c4cc(F)ccc4OC)n3[C@@H]3CCC[C@H](C(=O)O)C3)c2CC[C@@H]1C. The Hall–Kier alpha value is -3.66. The average molecular weight is 526 g/mol. The van der Waals surface area contributed by atoms with Crippen LogP contribution in [0.2, 0.25) is 0 Å². The van der Waals surface area contributed by atoms with Crippen LogP contribution in [0.4, 0.5) is 14.9 Å². The van der Waals surface area contributed by atoms with Crippen molar-refractivity contribution in [2.75, 3.05) is 19.1 Å². The number of hydrogen-bond acceptors (Lipinski definition) is 6. The van der Waals surface area contributed by atoms with Crippen molar-refractivity contribution in [3.8, 4) is 5.75 Å². The first-order valence-electron chi connectivity index (χ1n) is 12.9. The van der Waals surface area contributed by atoms with Crippen molar-refractivity contribution in [2.45, 2.75) is 63.6 Å². The lowest BCUT2D eigenvalue weighted by molar-refractivity contribution is -0.143. The smallest absolute Gasteiger partial charge is 0.414 e. The third-order valence-corrected chi connectivity index (χ3v) is 7.94. The highest BCUT2D eigenvalue weighted by molar-refractivity contribution is 5.95. The number of aromatic nitrogens is 2. The number of imidazole rings is 1. The molecular weight excluding hydrogens is 493 g/mol. The number of aryl methyl sites for hydroxylation is 1. The number of fused-ring (bicyclic) bond motifs is 3. The van der Waals surface area contributed by atoms with E-state index in [4.69, 9.17) is 14.5 Å². The van der Waals surface area contributed by atoms with Crippen LogP contribution in [-0.2, 0) is 16.0 Å². The molecule has 10 heteroatoms. The van der Waals surface area contributed by atoms with Gasteiger partial charge in [-0.3, -0.25) is 9.69 Å². The monoisotopic (exact) mass is 525 g/mol. The van der Waals surface area contributed by atoms with Gasteiger partial charge >= 0.3 is 12.1 Å². The fourth-order valence-electron chi connectivity index (χ4n) is 6.05. The molecule has 1 aromatic heterocycles. The third kappa shape index (κ3) is 4.36. The summed E-state index contributed by atoms with van der Waals surface area (Å²) in [6, 6.07) is 7.37. The number of halogens is 1. The molecule has 5 rings (SSSR count). The highest BCUT2D eigenvalue weighted by Crippen LogP contribution is 2.43. The number of aliphatic hydroxyl groups excluding tert-OH is 1. The number of nitrogens with zero attached hydrogens (tertiary/aromatic N) is 3. The molecule has 1 aliphatic heterocycles. The van der Waals surface area contributed by atoms with Crippen molar-refractivity contribution >= 4 is 28.8 Å². The van der Waals surface area contributed by atoms with E-state index in [0.717, 1.165) is 23.9 Å². The summed E-state index contributed by atoms with van der Waals surface area (Å²) in [7, 11) is 2.79. The Morgan fingerprint density at radius 2 is 1.95 bits per heavy atom. The number of hydrogen-bond donors (Lipinski definition) is 2. The summed E-state index contributed by atoms with van der Waals surface area (Å²) < 4.78 is 26.6. The predicted molar refractivity (Wildman–Crippen MR) is 138 cm³/mol. The molecule has 0 unspecified atom stereocenters. The Labute approximate surface area is 219 Å². The zero-order chi connectivity index (χ0) is 27.1. The van der Waals surface area contributed by atoms with Gasteiger partial charge < -0.3 is 24.3 Å². The Balaban J connectivity index is 1.72. The minimum Gasteiger partial charge on any atom is -0.496 e. The van der Waals surface area contributed by atoms with E-state index in [2.05, 4.69) is 0 Å². The summed E-state index contributed by atoms with van der Waals surface area (Å²) >= 11 is 0. The van der Waals surface area contributed by atoms with E-state index in [1.54, 1.807) is 4.90 Å². The number of methoxy groups -OCH3 is 2. The maximum absolute atomic E-state index is 14.3. The molecule has 2 heterocycles. The number of rotatable bonds is 5. The number of benzene rings is 2. The van der Waals surface area contributed by atoms with Crippen molar-refractivity contribution in [1.82, 2.24) is 9.55 Å². The lowest BCUT2D eigenvalue weighted by Crippen LogP contribution is -2.42. The van der Waals surface area contributed by atoms with Gasteiger partial charge in [0.25, 0.3) is 0 Å². The van der Waals surface area contributed by atoms with Crippen LogP contribution in [0.25, 0.3) is 11.0 Å². The van der Waals surface area contributed by atoms with E-state index in [1.807, 2.05) is 23.6 Å². The van der Waals surface area contributed by atoms with Gasteiger partial charge in [-0.05, 0) is 69.4 Å². The second-order valence-corrected chi connectivity index (χ2v) is 10.1. The van der Waals surface area contributed by atoms with Gasteiger partial charge in [0.05, 0.1) is 36.9 Å². The van der Waals surface area contributed by atoms with Crippen LogP contribution in [0.3, 0.4) is 0 Å². The van der Waals surface area contributed by atoms with Crippen LogP contribution in [-0.4, -0.2) is 52.1 Å². The van der Waals surface area contributed by atoms with Gasteiger partial charge in [0.2, 0.25) is 0 Å². The number of ether oxygens (including phenoxy) is 2. The van der Waals surface area contributed by atoms with Gasteiger partial charge in [-0.25, -0.2) is 14.2 Å². The topological polar surface area (TPSA) is 114 Å². The molecule has 3 aromatic rings.